The molecule has 1 aliphatic rings. The lowest BCUT2D eigenvalue weighted by molar-refractivity contribution is 0.278. The van der Waals surface area contributed by atoms with Gasteiger partial charge in [0.1, 0.15) is 5.82 Å². The number of hydrogen-bond acceptors (Lipinski definition) is 5. The van der Waals surface area contributed by atoms with Crippen LogP contribution in [0.2, 0.25) is 0 Å². The molecule has 1 aliphatic heterocycles. The van der Waals surface area contributed by atoms with Gasteiger partial charge in [0, 0.05) is 36.9 Å². The number of nitrogens with zero attached hydrogens (tertiary/aromatic N) is 2. The highest BCUT2D eigenvalue weighted by Crippen LogP contribution is 2.25. The van der Waals surface area contributed by atoms with Gasteiger partial charge in [-0.15, -0.1) is 0 Å². The minimum absolute atomic E-state index is 0.286. The number of pyridine rings is 1. The van der Waals surface area contributed by atoms with Gasteiger partial charge in [0.2, 0.25) is 0 Å². The highest BCUT2D eigenvalue weighted by Gasteiger charge is 2.32. The number of nitrogens with two attached hydrogens (primary N) is 1. The molecule has 0 radical (unpaired) electrons. The molecule has 0 amide bonds. The van der Waals surface area contributed by atoms with Gasteiger partial charge in [-0.25, -0.2) is 4.98 Å². The highest BCUT2D eigenvalue weighted by molar-refractivity contribution is 5.38. The fourth-order valence-electron chi connectivity index (χ4n) is 2.63. The summed E-state index contributed by atoms with van der Waals surface area (Å²) in [6.45, 7) is 8.64. The molecule has 1 aromatic rings. The van der Waals surface area contributed by atoms with Crippen molar-refractivity contribution in [2.45, 2.75) is 45.8 Å². The number of nitrogens with one attached hydrogen (secondary N) is 2. The molecule has 4 N–H and O–H groups in total. The molecule has 0 saturated carbocycles. The smallest absolute Gasteiger partial charge is 0.127 e. The number of hydrogen-bond donors (Lipinski definition) is 3. The third kappa shape index (κ3) is 3.91. The van der Waals surface area contributed by atoms with Crippen LogP contribution in [0.25, 0.3) is 0 Å². The van der Waals surface area contributed by atoms with E-state index >= 15 is 0 Å². The van der Waals surface area contributed by atoms with Crippen molar-refractivity contribution in [1.82, 2.24) is 20.7 Å². The summed E-state index contributed by atoms with van der Waals surface area (Å²) in [5.74, 6) is 0.629. The maximum Gasteiger partial charge on any atom is 0.127 e. The average Bonchev–Trinajstić information content (AvgIpc) is 2.80. The van der Waals surface area contributed by atoms with Crippen LogP contribution in [0.3, 0.4) is 0 Å². The van der Waals surface area contributed by atoms with Gasteiger partial charge < -0.3 is 10.6 Å². The van der Waals surface area contributed by atoms with E-state index in [9.17, 15) is 0 Å². The van der Waals surface area contributed by atoms with Crippen LogP contribution < -0.4 is 16.6 Å². The molecule has 5 heteroatoms. The summed E-state index contributed by atoms with van der Waals surface area (Å²) in [7, 11) is 2.12. The van der Waals surface area contributed by atoms with Gasteiger partial charge in [-0.05, 0) is 24.9 Å². The first-order valence-corrected chi connectivity index (χ1v) is 7.25. The van der Waals surface area contributed by atoms with Crippen molar-refractivity contribution in [3.05, 3.63) is 23.9 Å². The van der Waals surface area contributed by atoms with Crippen LogP contribution in [0, 0.1) is 5.41 Å². The van der Waals surface area contributed by atoms with Gasteiger partial charge in [-0.2, -0.15) is 0 Å². The Morgan fingerprint density at radius 1 is 1.40 bits per heavy atom. The zero-order valence-corrected chi connectivity index (χ0v) is 13.0. The van der Waals surface area contributed by atoms with E-state index in [-0.39, 0.29) is 5.41 Å². The van der Waals surface area contributed by atoms with Crippen molar-refractivity contribution in [2.75, 3.05) is 19.3 Å². The van der Waals surface area contributed by atoms with Crippen LogP contribution in [-0.4, -0.2) is 35.6 Å². The quantitative estimate of drug-likeness (QED) is 0.776. The predicted molar refractivity (Wildman–Crippen MR) is 82.9 cm³/mol. The van der Waals surface area contributed by atoms with Crippen LogP contribution in [0.1, 0.15) is 32.8 Å². The lowest BCUT2D eigenvalue weighted by Crippen LogP contribution is -2.41. The normalized spacial score (nSPS) is 23.4. The Morgan fingerprint density at radius 2 is 2.15 bits per heavy atom. The molecule has 20 heavy (non-hydrogen) atoms. The topological polar surface area (TPSA) is 66.2 Å². The third-order valence-corrected chi connectivity index (χ3v) is 3.93. The Morgan fingerprint density at radius 3 is 2.75 bits per heavy atom. The predicted octanol–water partition coefficient (Wildman–Crippen LogP) is 1.38. The van der Waals surface area contributed by atoms with Crippen molar-refractivity contribution < 1.29 is 0 Å². The largest absolute Gasteiger partial charge is 0.383 e. The molecule has 0 aliphatic carbocycles. The Kier molecular flexibility index (Phi) is 4.62. The Labute approximate surface area is 121 Å². The average molecular weight is 277 g/mol. The Bertz CT molecular complexity index is 440. The van der Waals surface area contributed by atoms with Gasteiger partial charge in [-0.1, -0.05) is 26.8 Å². The van der Waals surface area contributed by atoms with Crippen LogP contribution in [0.4, 0.5) is 5.82 Å². The van der Waals surface area contributed by atoms with Gasteiger partial charge in [0.25, 0.3) is 0 Å². The number of likely N-dealkylation sites (N-methyl/N-ethyl adjacent to an activating group) is 1. The van der Waals surface area contributed by atoms with Gasteiger partial charge >= 0.3 is 0 Å². The fourth-order valence-corrected chi connectivity index (χ4v) is 2.63. The summed E-state index contributed by atoms with van der Waals surface area (Å²) >= 11 is 0. The maximum atomic E-state index is 5.89. The fraction of sp³-hybridized carbons (Fsp3) is 0.667. The van der Waals surface area contributed by atoms with Crippen LogP contribution >= 0.6 is 0 Å². The summed E-state index contributed by atoms with van der Waals surface area (Å²) in [5, 5.41) is 0. The maximum absolute atomic E-state index is 5.89. The van der Waals surface area contributed by atoms with Crippen molar-refractivity contribution in [3.63, 3.8) is 0 Å². The monoisotopic (exact) mass is 277 g/mol. The molecule has 112 valence electrons. The molecule has 0 aromatic carbocycles. The lowest BCUT2D eigenvalue weighted by atomic mass is 9.84. The molecule has 1 saturated heterocycles. The first-order chi connectivity index (χ1) is 9.36. The first-order valence-electron chi connectivity index (χ1n) is 7.25. The standard InChI is InChI=1S/C15H27N5/c1-15(2,3)13-8-12(18-19-13)10-20(4)9-11-6-5-7-17-14(11)16/h5-7,12-13,18-19H,8-10H2,1-4H3,(H2,16,17). The summed E-state index contributed by atoms with van der Waals surface area (Å²) in [6.07, 6.45) is 2.88. The van der Waals surface area contributed by atoms with Gasteiger partial charge in [0.05, 0.1) is 0 Å². The summed E-state index contributed by atoms with van der Waals surface area (Å²) < 4.78 is 0. The molecule has 0 bridgehead atoms. The zero-order chi connectivity index (χ0) is 14.8. The molecular weight excluding hydrogens is 250 g/mol. The number of hydrazine groups is 1. The molecule has 1 aromatic heterocycles. The van der Waals surface area contributed by atoms with Crippen LogP contribution in [0.15, 0.2) is 18.3 Å². The number of rotatable bonds is 4. The lowest BCUT2D eigenvalue weighted by Gasteiger charge is -2.26. The number of nitrogen functional groups attached to an aromatic ring is 1. The van der Waals surface area contributed by atoms with E-state index in [1.807, 2.05) is 12.1 Å². The van der Waals surface area contributed by atoms with Crippen molar-refractivity contribution in [3.8, 4) is 0 Å². The second-order valence-corrected chi connectivity index (χ2v) is 6.88. The first kappa shape index (κ1) is 15.2. The Hall–Kier alpha value is -1.17. The second-order valence-electron chi connectivity index (χ2n) is 6.88. The van der Waals surface area contributed by atoms with Gasteiger partial charge in [0.15, 0.2) is 0 Å². The molecule has 2 rings (SSSR count). The SMILES string of the molecule is CN(Cc1cccnc1N)CC1CC(C(C)(C)C)NN1. The van der Waals surface area contributed by atoms with E-state index in [0.29, 0.717) is 17.9 Å². The van der Waals surface area contributed by atoms with Crippen LogP contribution in [-0.2, 0) is 6.54 Å². The highest BCUT2D eigenvalue weighted by atomic mass is 15.4. The van der Waals surface area contributed by atoms with E-state index in [2.05, 4.69) is 48.6 Å². The molecule has 2 unspecified atom stereocenters. The van der Waals surface area contributed by atoms with E-state index in [1.54, 1.807) is 6.20 Å². The zero-order valence-electron chi connectivity index (χ0n) is 13.0. The third-order valence-electron chi connectivity index (χ3n) is 3.93. The van der Waals surface area contributed by atoms with Crippen molar-refractivity contribution in [1.29, 1.82) is 0 Å². The van der Waals surface area contributed by atoms with Gasteiger partial charge in [-0.3, -0.25) is 10.9 Å². The minimum Gasteiger partial charge on any atom is -0.383 e. The molecule has 0 spiro atoms. The van der Waals surface area contributed by atoms with E-state index in [0.717, 1.165) is 25.1 Å². The van der Waals surface area contributed by atoms with Crippen molar-refractivity contribution >= 4 is 5.82 Å². The molecule has 2 heterocycles. The van der Waals surface area contributed by atoms with Crippen LogP contribution in [0.5, 0.6) is 0 Å². The number of anilines is 1. The Balaban J connectivity index is 1.84. The molecule has 2 atom stereocenters. The molecular formula is C15H27N5. The van der Waals surface area contributed by atoms with Crippen molar-refractivity contribution in [2.24, 2.45) is 5.41 Å². The summed E-state index contributed by atoms with van der Waals surface area (Å²) in [4.78, 5) is 6.42. The minimum atomic E-state index is 0.286. The summed E-state index contributed by atoms with van der Waals surface area (Å²) in [6, 6.07) is 4.97. The van der Waals surface area contributed by atoms with E-state index in [4.69, 9.17) is 5.73 Å². The molecule has 5 nitrogen and oxygen atoms in total. The van der Waals surface area contributed by atoms with E-state index < -0.39 is 0 Å². The second kappa shape index (κ2) is 6.08. The number of aromatic nitrogens is 1. The van der Waals surface area contributed by atoms with E-state index in [1.165, 1.54) is 0 Å². The molecule has 1 fully saturated rings. The summed E-state index contributed by atoms with van der Waals surface area (Å²) in [5.41, 5.74) is 14.1.